The number of nitrogens with zero attached hydrogens (tertiary/aromatic N) is 1. The molecule has 1 aliphatic heterocycles. The van der Waals surface area contributed by atoms with Gasteiger partial charge in [-0.05, 0) is 35.4 Å². The number of anilines is 1. The van der Waals surface area contributed by atoms with Gasteiger partial charge in [0, 0.05) is 24.2 Å². The highest BCUT2D eigenvalue weighted by atomic mass is 19.4. The zero-order valence-corrected chi connectivity index (χ0v) is 16.1. The Morgan fingerprint density at radius 3 is 2.47 bits per heavy atom. The second-order valence-corrected chi connectivity index (χ2v) is 6.92. The molecule has 4 N–H and O–H groups in total. The number of benzene rings is 2. The van der Waals surface area contributed by atoms with Gasteiger partial charge in [0.05, 0.1) is 6.54 Å². The summed E-state index contributed by atoms with van der Waals surface area (Å²) in [5.74, 6) is -0.149. The maximum absolute atomic E-state index is 12.4. The summed E-state index contributed by atoms with van der Waals surface area (Å²) in [6.07, 6.45) is -1.82. The molecule has 1 aliphatic rings. The molecule has 1 unspecified atom stereocenters. The van der Waals surface area contributed by atoms with Crippen LogP contribution in [0.3, 0.4) is 0 Å². The molecule has 0 saturated carbocycles. The van der Waals surface area contributed by atoms with E-state index in [0.717, 1.165) is 29.2 Å². The van der Waals surface area contributed by atoms with Crippen LogP contribution in [0, 0.1) is 0 Å². The first-order valence-corrected chi connectivity index (χ1v) is 9.34. The third kappa shape index (κ3) is 5.14. The van der Waals surface area contributed by atoms with Crippen molar-refractivity contribution in [1.82, 2.24) is 0 Å². The van der Waals surface area contributed by atoms with Crippen molar-refractivity contribution in [1.29, 1.82) is 0 Å². The number of carbonyl (C=O) groups is 1. The van der Waals surface area contributed by atoms with Crippen LogP contribution in [0.4, 0.5) is 18.9 Å². The van der Waals surface area contributed by atoms with Crippen LogP contribution in [0.5, 0.6) is 0 Å². The fourth-order valence-electron chi connectivity index (χ4n) is 3.29. The van der Waals surface area contributed by atoms with Gasteiger partial charge in [-0.15, -0.1) is 0 Å². The Kier molecular flexibility index (Phi) is 6.34. The van der Waals surface area contributed by atoms with Crippen LogP contribution in [0.1, 0.15) is 16.8 Å². The molecule has 158 valence electrons. The highest BCUT2D eigenvalue weighted by Gasteiger charge is 2.31. The lowest BCUT2D eigenvalue weighted by atomic mass is 10.0. The maximum Gasteiger partial charge on any atom is 0.430 e. The van der Waals surface area contributed by atoms with Crippen molar-refractivity contribution in [2.24, 2.45) is 11.5 Å². The molecule has 0 amide bonds. The minimum absolute atomic E-state index is 0.149. The molecule has 3 rings (SSSR count). The highest BCUT2D eigenvalue weighted by Crippen LogP contribution is 2.30. The lowest BCUT2D eigenvalue weighted by molar-refractivity contribution is -0.0926. The number of rotatable bonds is 6. The topological polar surface area (TPSA) is 81.6 Å². The average molecular weight is 417 g/mol. The van der Waals surface area contributed by atoms with E-state index in [4.69, 9.17) is 16.2 Å². The first-order chi connectivity index (χ1) is 14.3. The van der Waals surface area contributed by atoms with Crippen LogP contribution < -0.4 is 16.4 Å². The van der Waals surface area contributed by atoms with Gasteiger partial charge in [0.2, 0.25) is 0 Å². The third-order valence-electron chi connectivity index (χ3n) is 4.80. The Hall–Kier alpha value is -3.42. The summed E-state index contributed by atoms with van der Waals surface area (Å²) < 4.78 is 42.8. The van der Waals surface area contributed by atoms with E-state index in [1.807, 2.05) is 53.4 Å². The van der Waals surface area contributed by atoms with Crippen molar-refractivity contribution in [2.45, 2.75) is 18.7 Å². The monoisotopic (exact) mass is 417 g/mol. The number of hydrogen-bond donors (Lipinski definition) is 2. The largest absolute Gasteiger partial charge is 0.474 e. The van der Waals surface area contributed by atoms with Crippen LogP contribution in [0.25, 0.3) is 11.1 Å². The van der Waals surface area contributed by atoms with Crippen LogP contribution in [-0.4, -0.2) is 31.7 Å². The molecule has 2 aromatic carbocycles. The zero-order chi connectivity index (χ0) is 21.7. The first kappa shape index (κ1) is 21.3. The van der Waals surface area contributed by atoms with Gasteiger partial charge in [-0.2, -0.15) is 13.2 Å². The molecule has 0 aliphatic carbocycles. The van der Waals surface area contributed by atoms with E-state index in [9.17, 15) is 18.0 Å². The molecule has 1 atom stereocenters. The van der Waals surface area contributed by atoms with Gasteiger partial charge >= 0.3 is 6.18 Å². The number of hydrogen-bond acceptors (Lipinski definition) is 5. The predicted molar refractivity (Wildman–Crippen MR) is 110 cm³/mol. The van der Waals surface area contributed by atoms with Crippen LogP contribution in [0.2, 0.25) is 0 Å². The Labute approximate surface area is 172 Å². The van der Waals surface area contributed by atoms with E-state index in [2.05, 4.69) is 0 Å². The molecule has 8 heteroatoms. The summed E-state index contributed by atoms with van der Waals surface area (Å²) in [5, 5.41) is 0. The van der Waals surface area contributed by atoms with E-state index in [1.165, 1.54) is 0 Å². The van der Waals surface area contributed by atoms with Crippen molar-refractivity contribution < 1.29 is 22.7 Å². The lowest BCUT2D eigenvalue weighted by Crippen LogP contribution is -2.25. The number of carbonyl (C=O) groups excluding carboxylic acids is 1. The average Bonchev–Trinajstić information content (AvgIpc) is 3.19. The van der Waals surface area contributed by atoms with E-state index in [-0.39, 0.29) is 12.0 Å². The smallest absolute Gasteiger partial charge is 0.430 e. The molecule has 5 nitrogen and oxygen atoms in total. The van der Waals surface area contributed by atoms with Crippen LogP contribution in [0.15, 0.2) is 72.3 Å². The van der Waals surface area contributed by atoms with Gasteiger partial charge in [0.1, 0.15) is 11.8 Å². The normalized spacial score (nSPS) is 17.8. The Morgan fingerprint density at radius 1 is 1.07 bits per heavy atom. The molecule has 2 aromatic rings. The summed E-state index contributed by atoms with van der Waals surface area (Å²) in [4.78, 5) is 13.7. The molecular weight excluding hydrogens is 395 g/mol. The molecule has 0 bridgehead atoms. The van der Waals surface area contributed by atoms with Crippen molar-refractivity contribution in [2.75, 3.05) is 18.0 Å². The Morgan fingerprint density at radius 2 is 1.80 bits per heavy atom. The molecule has 0 spiro atoms. The summed E-state index contributed by atoms with van der Waals surface area (Å²) in [6, 6.07) is 15.4. The third-order valence-corrected chi connectivity index (χ3v) is 4.80. The minimum atomic E-state index is -4.61. The molecule has 0 radical (unpaired) electrons. The summed E-state index contributed by atoms with van der Waals surface area (Å²) in [7, 11) is 0. The number of ether oxygens (including phenoxy) is 1. The van der Waals surface area contributed by atoms with Crippen LogP contribution in [-0.2, 0) is 4.74 Å². The standard InChI is InChI=1S/C22H22F3N3O2/c23-22(24,25)20(26)8-9-21(27)30-18-10-11-28(13-18)19-7-6-16(12-17(19)14-29)15-4-2-1-3-5-15/h1-9,12,14,18H,10-11,13,26-27H2/b20-8-,21-9+. The van der Waals surface area contributed by atoms with E-state index in [0.29, 0.717) is 31.1 Å². The van der Waals surface area contributed by atoms with Gasteiger partial charge in [-0.1, -0.05) is 36.4 Å². The number of alkyl halides is 3. The van der Waals surface area contributed by atoms with E-state index < -0.39 is 11.9 Å². The highest BCUT2D eigenvalue weighted by molar-refractivity contribution is 5.87. The predicted octanol–water partition coefficient (Wildman–Crippen LogP) is 3.97. The van der Waals surface area contributed by atoms with Gasteiger partial charge in [-0.25, -0.2) is 0 Å². The van der Waals surface area contributed by atoms with Crippen molar-refractivity contribution in [3.63, 3.8) is 0 Å². The number of halogens is 3. The Balaban J connectivity index is 1.68. The fourth-order valence-corrected chi connectivity index (χ4v) is 3.29. The number of nitrogens with two attached hydrogens (primary N) is 2. The number of aldehydes is 1. The SMILES string of the molecule is N/C(=C\C=C(/N)OC1CCN(c2ccc(-c3ccccc3)cc2C=O)C1)C(F)(F)F. The van der Waals surface area contributed by atoms with Crippen molar-refractivity contribution in [3.05, 3.63) is 77.8 Å². The fraction of sp³-hybridized carbons (Fsp3) is 0.227. The second-order valence-electron chi connectivity index (χ2n) is 6.92. The molecular formula is C22H22F3N3O2. The molecule has 1 saturated heterocycles. The van der Waals surface area contributed by atoms with Crippen molar-refractivity contribution in [3.8, 4) is 11.1 Å². The summed E-state index contributed by atoms with van der Waals surface area (Å²) in [5.41, 5.74) is 12.6. The molecule has 1 heterocycles. The zero-order valence-electron chi connectivity index (χ0n) is 16.1. The maximum atomic E-state index is 12.4. The van der Waals surface area contributed by atoms with Gasteiger partial charge in [-0.3, -0.25) is 4.79 Å². The minimum Gasteiger partial charge on any atom is -0.474 e. The molecule has 30 heavy (non-hydrogen) atoms. The van der Waals surface area contributed by atoms with Gasteiger partial charge in [0.25, 0.3) is 0 Å². The summed E-state index contributed by atoms with van der Waals surface area (Å²) in [6.45, 7) is 1.09. The van der Waals surface area contributed by atoms with E-state index >= 15 is 0 Å². The second kappa shape index (κ2) is 8.94. The van der Waals surface area contributed by atoms with E-state index in [1.54, 1.807) is 0 Å². The Bertz CT molecular complexity index is 956. The van der Waals surface area contributed by atoms with Gasteiger partial charge in [0.15, 0.2) is 12.2 Å². The summed E-state index contributed by atoms with van der Waals surface area (Å²) >= 11 is 0. The van der Waals surface area contributed by atoms with Gasteiger partial charge < -0.3 is 21.1 Å². The number of allylic oxidation sites excluding steroid dienone is 3. The first-order valence-electron chi connectivity index (χ1n) is 9.34. The lowest BCUT2D eigenvalue weighted by Gasteiger charge is -2.21. The van der Waals surface area contributed by atoms with Crippen LogP contribution >= 0.6 is 0 Å². The quantitative estimate of drug-likeness (QED) is 0.422. The van der Waals surface area contributed by atoms with Crippen molar-refractivity contribution >= 4 is 12.0 Å². The molecule has 0 aromatic heterocycles. The molecule has 1 fully saturated rings.